The predicted molar refractivity (Wildman–Crippen MR) is 150 cm³/mol. The molecule has 3 amide bonds. The smallest absolute Gasteiger partial charge is 0.334 e. The van der Waals surface area contributed by atoms with Crippen molar-refractivity contribution < 1.29 is 19.4 Å². The minimum atomic E-state index is -0.824. The molecule has 2 atom stereocenters. The number of hydrogen-bond acceptors (Lipinski definition) is 7. The van der Waals surface area contributed by atoms with Crippen molar-refractivity contribution in [1.29, 1.82) is 5.41 Å². The fraction of sp³-hybridized carbons (Fsp3) is 0.759. The Labute approximate surface area is 238 Å². The van der Waals surface area contributed by atoms with Crippen molar-refractivity contribution in [1.82, 2.24) is 18.9 Å². The van der Waals surface area contributed by atoms with Crippen LogP contribution in [-0.4, -0.2) is 73.7 Å². The fourth-order valence-electron chi connectivity index (χ4n) is 8.61. The van der Waals surface area contributed by atoms with Crippen LogP contribution in [0.1, 0.15) is 89.2 Å². The Morgan fingerprint density at radius 1 is 1.05 bits per heavy atom. The van der Waals surface area contributed by atoms with Gasteiger partial charge in [0.2, 0.25) is 5.88 Å². The molecule has 6 rings (SSSR count). The van der Waals surface area contributed by atoms with Crippen LogP contribution < -0.4 is 17.0 Å². The lowest BCUT2D eigenvalue weighted by molar-refractivity contribution is -0.150. The van der Waals surface area contributed by atoms with Crippen molar-refractivity contribution in [2.75, 3.05) is 20.2 Å². The van der Waals surface area contributed by atoms with Crippen LogP contribution in [0, 0.1) is 22.7 Å². The van der Waals surface area contributed by atoms with E-state index in [0.29, 0.717) is 58.2 Å². The highest BCUT2D eigenvalue weighted by Crippen LogP contribution is 2.62. The van der Waals surface area contributed by atoms with E-state index in [0.717, 1.165) is 32.1 Å². The standard InChI is InChI=1S/C29H42N6O6/c1-17-11-19(14-41-17)13-34-26(39)32(2)25(38)29(34)15-28(16-29)9-7-20(8-10-28)35-24(37)21(22(30)31)23(36)33(27(35)40)12-18-5-3-4-6-18/h17-20,36H,3-16H2,1-2H3,(H3,30,31)/t17-,19-,20?,28?,29?/m1/s1. The maximum Gasteiger partial charge on any atom is 0.334 e. The summed E-state index contributed by atoms with van der Waals surface area (Å²) in [4.78, 5) is 56.5. The summed E-state index contributed by atoms with van der Waals surface area (Å²) in [5.74, 6) is -0.764. The third-order valence-corrected chi connectivity index (χ3v) is 10.7. The Kier molecular flexibility index (Phi) is 6.82. The lowest BCUT2D eigenvalue weighted by atomic mass is 9.51. The molecule has 0 bridgehead atoms. The minimum absolute atomic E-state index is 0.137. The first kappa shape index (κ1) is 28.0. The summed E-state index contributed by atoms with van der Waals surface area (Å²) in [6.07, 6.45) is 8.78. The Balaban J connectivity index is 1.22. The summed E-state index contributed by atoms with van der Waals surface area (Å²) in [5, 5.41) is 18.8. The van der Waals surface area contributed by atoms with Crippen LogP contribution in [0.25, 0.3) is 0 Å². The Bertz CT molecular complexity index is 1380. The number of imide groups is 1. The lowest BCUT2D eigenvalue weighted by Crippen LogP contribution is -2.64. The van der Waals surface area contributed by atoms with Gasteiger partial charge >= 0.3 is 11.7 Å². The van der Waals surface area contributed by atoms with E-state index >= 15 is 0 Å². The molecule has 0 radical (unpaired) electrons. The monoisotopic (exact) mass is 570 g/mol. The number of amidine groups is 1. The van der Waals surface area contributed by atoms with E-state index in [-0.39, 0.29) is 46.9 Å². The number of nitrogen functional groups attached to an aromatic ring is 1. The number of nitrogens with two attached hydrogens (primary N) is 1. The summed E-state index contributed by atoms with van der Waals surface area (Å²) in [6, 6.07) is -0.629. The molecule has 3 saturated carbocycles. The number of hydrogen-bond donors (Lipinski definition) is 3. The second-order valence-corrected chi connectivity index (χ2v) is 13.5. The maximum absolute atomic E-state index is 13.6. The lowest BCUT2D eigenvalue weighted by Gasteiger charge is -2.58. The number of carbonyl (C=O) groups excluding carboxylic acids is 2. The van der Waals surface area contributed by atoms with Crippen LogP contribution in [0.5, 0.6) is 5.88 Å². The summed E-state index contributed by atoms with van der Waals surface area (Å²) in [5.41, 5.74) is 3.17. The van der Waals surface area contributed by atoms with Gasteiger partial charge in [-0.3, -0.25) is 29.0 Å². The Hall–Kier alpha value is -3.15. The van der Waals surface area contributed by atoms with Gasteiger partial charge in [-0.15, -0.1) is 0 Å². The molecule has 0 aromatic carbocycles. The number of ether oxygens (including phenoxy) is 1. The predicted octanol–water partition coefficient (Wildman–Crippen LogP) is 2.14. The highest BCUT2D eigenvalue weighted by atomic mass is 16.5. The second kappa shape index (κ2) is 9.99. The first-order chi connectivity index (χ1) is 19.5. The molecule has 5 aliphatic rings. The number of nitrogens with zero attached hydrogens (tertiary/aromatic N) is 4. The van der Waals surface area contributed by atoms with Gasteiger partial charge in [0, 0.05) is 32.1 Å². The van der Waals surface area contributed by atoms with Crippen LogP contribution in [0.15, 0.2) is 9.59 Å². The number of aromatic nitrogens is 2. The second-order valence-electron chi connectivity index (χ2n) is 13.5. The van der Waals surface area contributed by atoms with Crippen LogP contribution in [0.3, 0.4) is 0 Å². The van der Waals surface area contributed by atoms with Crippen LogP contribution >= 0.6 is 0 Å². The van der Waals surface area contributed by atoms with Gasteiger partial charge in [0.1, 0.15) is 16.9 Å². The van der Waals surface area contributed by atoms with Crippen molar-refractivity contribution in [3.8, 4) is 5.88 Å². The van der Waals surface area contributed by atoms with Crippen molar-refractivity contribution in [3.05, 3.63) is 26.4 Å². The molecule has 12 nitrogen and oxygen atoms in total. The van der Waals surface area contributed by atoms with E-state index in [2.05, 4.69) is 0 Å². The first-order valence-electron chi connectivity index (χ1n) is 15.1. The zero-order valence-electron chi connectivity index (χ0n) is 24.1. The molecule has 3 aliphatic carbocycles. The third kappa shape index (κ3) is 4.40. The van der Waals surface area contributed by atoms with E-state index in [1.54, 1.807) is 11.9 Å². The van der Waals surface area contributed by atoms with Crippen molar-refractivity contribution in [2.24, 2.45) is 23.0 Å². The van der Waals surface area contributed by atoms with Gasteiger partial charge in [-0.1, -0.05) is 12.8 Å². The summed E-state index contributed by atoms with van der Waals surface area (Å²) in [7, 11) is 1.56. The zero-order valence-corrected chi connectivity index (χ0v) is 24.1. The van der Waals surface area contributed by atoms with E-state index in [1.807, 2.05) is 6.92 Å². The van der Waals surface area contributed by atoms with Gasteiger partial charge < -0.3 is 20.5 Å². The number of nitrogens with one attached hydrogen (secondary N) is 1. The van der Waals surface area contributed by atoms with Gasteiger partial charge in [0.05, 0.1) is 12.7 Å². The summed E-state index contributed by atoms with van der Waals surface area (Å²) < 4.78 is 8.16. The molecule has 4 N–H and O–H groups in total. The molecule has 1 aromatic heterocycles. The highest BCUT2D eigenvalue weighted by molar-refractivity contribution is 6.07. The molecule has 41 heavy (non-hydrogen) atoms. The largest absolute Gasteiger partial charge is 0.494 e. The van der Waals surface area contributed by atoms with E-state index in [1.165, 1.54) is 14.0 Å². The number of likely N-dealkylation sites (N-methyl/N-ethyl adjacent to an activating group) is 1. The summed E-state index contributed by atoms with van der Waals surface area (Å²) in [6.45, 7) is 3.43. The zero-order chi connectivity index (χ0) is 29.3. The molecule has 2 spiro atoms. The van der Waals surface area contributed by atoms with E-state index in [4.69, 9.17) is 15.9 Å². The van der Waals surface area contributed by atoms with Crippen LogP contribution in [0.4, 0.5) is 4.79 Å². The first-order valence-corrected chi connectivity index (χ1v) is 15.1. The van der Waals surface area contributed by atoms with Gasteiger partial charge in [-0.2, -0.15) is 0 Å². The van der Waals surface area contributed by atoms with Gasteiger partial charge in [0.25, 0.3) is 11.5 Å². The molecular weight excluding hydrogens is 528 g/mol. The van der Waals surface area contributed by atoms with Gasteiger partial charge in [-0.05, 0) is 76.0 Å². The average Bonchev–Trinajstić information content (AvgIpc) is 3.62. The number of carbonyl (C=O) groups is 2. The maximum atomic E-state index is 13.6. The highest BCUT2D eigenvalue weighted by Gasteiger charge is 2.68. The number of rotatable bonds is 6. The van der Waals surface area contributed by atoms with Crippen molar-refractivity contribution >= 4 is 17.8 Å². The van der Waals surface area contributed by atoms with E-state index < -0.39 is 28.5 Å². The van der Waals surface area contributed by atoms with Crippen molar-refractivity contribution in [3.63, 3.8) is 0 Å². The van der Waals surface area contributed by atoms with Gasteiger partial charge in [-0.25, -0.2) is 9.59 Å². The van der Waals surface area contributed by atoms with Crippen LogP contribution in [-0.2, 0) is 16.1 Å². The number of amides is 3. The SMILES string of the molecule is C[C@@H]1C[C@H](CN2C(=O)N(C)C(=O)C23CC2(CCC(n4c(=O)c(C(=N)N)c(O)n(CC5CCCC5)c4=O)CC2)C3)CO1. The topological polar surface area (TPSA) is 164 Å². The molecule has 12 heteroatoms. The van der Waals surface area contributed by atoms with E-state index in [9.17, 15) is 24.3 Å². The molecule has 5 fully saturated rings. The normalized spacial score (nSPS) is 33.9. The Morgan fingerprint density at radius 3 is 2.29 bits per heavy atom. The molecule has 2 aliphatic heterocycles. The quantitative estimate of drug-likeness (QED) is 0.268. The molecule has 3 heterocycles. The minimum Gasteiger partial charge on any atom is -0.494 e. The third-order valence-electron chi connectivity index (χ3n) is 10.7. The van der Waals surface area contributed by atoms with Crippen molar-refractivity contribution in [2.45, 2.75) is 102 Å². The molecule has 224 valence electrons. The average molecular weight is 571 g/mol. The number of aromatic hydroxyl groups is 1. The Morgan fingerprint density at radius 2 is 1.71 bits per heavy atom. The summed E-state index contributed by atoms with van der Waals surface area (Å²) >= 11 is 0. The molecule has 2 saturated heterocycles. The number of urea groups is 1. The molecular formula is C29H42N6O6. The molecule has 1 aromatic rings. The fourth-order valence-corrected chi connectivity index (χ4v) is 8.61. The van der Waals surface area contributed by atoms with Gasteiger partial charge in [0.15, 0.2) is 0 Å². The van der Waals surface area contributed by atoms with Crippen LogP contribution in [0.2, 0.25) is 0 Å². The molecule has 0 unspecified atom stereocenters.